The molecule has 0 spiro atoms. The topological polar surface area (TPSA) is 53.4 Å². The zero-order chi connectivity index (χ0) is 15.9. The molecular formula is C18H20N2O2. The van der Waals surface area contributed by atoms with Gasteiger partial charge in [-0.1, -0.05) is 0 Å². The van der Waals surface area contributed by atoms with Crippen LogP contribution in [0.4, 0.5) is 5.69 Å². The molecule has 4 heteroatoms. The molecule has 1 aromatic carbocycles. The molecule has 0 atom stereocenters. The van der Waals surface area contributed by atoms with Gasteiger partial charge in [0.15, 0.2) is 5.78 Å². The highest BCUT2D eigenvalue weighted by Crippen LogP contribution is 2.25. The Labute approximate surface area is 130 Å². The summed E-state index contributed by atoms with van der Waals surface area (Å²) in [6.45, 7) is 5.90. The van der Waals surface area contributed by atoms with Crippen LogP contribution in [0.5, 0.6) is 5.75 Å². The number of pyridine rings is 1. The van der Waals surface area contributed by atoms with Crippen LogP contribution in [0.3, 0.4) is 0 Å². The lowest BCUT2D eigenvalue weighted by atomic mass is 10.1. The van der Waals surface area contributed by atoms with Gasteiger partial charge in [0.2, 0.25) is 0 Å². The number of allylic oxidation sites excluding steroid dienone is 1. The first kappa shape index (κ1) is 15.8. The maximum Gasteiger partial charge on any atom is 0.187 e. The van der Waals surface area contributed by atoms with Crippen LogP contribution in [0.25, 0.3) is 6.08 Å². The molecule has 0 unspecified atom stereocenters. The number of carbonyl (C=O) groups is 1. The Balaban J connectivity index is 2.16. The summed E-state index contributed by atoms with van der Waals surface area (Å²) in [4.78, 5) is 18.0. The molecule has 2 aromatic rings. The van der Waals surface area contributed by atoms with Crippen LogP contribution in [-0.2, 0) is 0 Å². The number of phenols is 1. The van der Waals surface area contributed by atoms with Crippen molar-refractivity contribution in [2.45, 2.75) is 13.8 Å². The molecular weight excluding hydrogens is 276 g/mol. The summed E-state index contributed by atoms with van der Waals surface area (Å²) in [6, 6.07) is 8.92. The number of carbonyl (C=O) groups excluding carboxylic acids is 1. The first-order valence-corrected chi connectivity index (χ1v) is 7.36. The highest BCUT2D eigenvalue weighted by molar-refractivity contribution is 6.06. The van der Waals surface area contributed by atoms with Crippen LogP contribution in [0.2, 0.25) is 0 Å². The van der Waals surface area contributed by atoms with Crippen LogP contribution in [0.15, 0.2) is 48.8 Å². The van der Waals surface area contributed by atoms with Gasteiger partial charge in [-0.25, -0.2) is 0 Å². The van der Waals surface area contributed by atoms with Gasteiger partial charge in [-0.15, -0.1) is 0 Å². The second-order valence-corrected chi connectivity index (χ2v) is 4.85. The number of hydrogen-bond acceptors (Lipinski definition) is 4. The minimum absolute atomic E-state index is 0.139. The summed E-state index contributed by atoms with van der Waals surface area (Å²) < 4.78 is 0. The minimum Gasteiger partial charge on any atom is -0.507 e. The second-order valence-electron chi connectivity index (χ2n) is 4.85. The maximum absolute atomic E-state index is 12.0. The number of benzene rings is 1. The summed E-state index contributed by atoms with van der Waals surface area (Å²) in [5.41, 5.74) is 2.12. The summed E-state index contributed by atoms with van der Waals surface area (Å²) in [5.74, 6) is 0.0277. The lowest BCUT2D eigenvalue weighted by molar-refractivity contribution is 0.104. The van der Waals surface area contributed by atoms with Gasteiger partial charge in [0.05, 0.1) is 0 Å². The molecule has 4 nitrogen and oxygen atoms in total. The van der Waals surface area contributed by atoms with Crippen LogP contribution < -0.4 is 4.90 Å². The van der Waals surface area contributed by atoms with Gasteiger partial charge in [-0.3, -0.25) is 9.78 Å². The largest absolute Gasteiger partial charge is 0.507 e. The van der Waals surface area contributed by atoms with Crippen LogP contribution in [0, 0.1) is 0 Å². The van der Waals surface area contributed by atoms with Crippen molar-refractivity contribution >= 4 is 17.5 Å². The SMILES string of the molecule is CCN(CC)c1ccc(/C=C/C(=O)c2cccnc2)c(O)c1. The second kappa shape index (κ2) is 7.41. The van der Waals surface area contributed by atoms with Crippen molar-refractivity contribution in [1.82, 2.24) is 4.98 Å². The Morgan fingerprint density at radius 1 is 1.27 bits per heavy atom. The summed E-state index contributed by atoms with van der Waals surface area (Å²) in [7, 11) is 0. The number of ketones is 1. The smallest absolute Gasteiger partial charge is 0.187 e. The molecule has 0 amide bonds. The van der Waals surface area contributed by atoms with E-state index >= 15 is 0 Å². The highest BCUT2D eigenvalue weighted by atomic mass is 16.3. The molecule has 22 heavy (non-hydrogen) atoms. The van der Waals surface area contributed by atoms with Gasteiger partial charge in [0.1, 0.15) is 5.75 Å². The number of anilines is 1. The van der Waals surface area contributed by atoms with Gasteiger partial charge in [-0.05, 0) is 50.3 Å². The van der Waals surface area contributed by atoms with Gasteiger partial charge in [-0.2, -0.15) is 0 Å². The van der Waals surface area contributed by atoms with E-state index in [0.29, 0.717) is 11.1 Å². The number of nitrogens with zero attached hydrogens (tertiary/aromatic N) is 2. The van der Waals surface area contributed by atoms with Gasteiger partial charge >= 0.3 is 0 Å². The van der Waals surface area contributed by atoms with E-state index in [1.807, 2.05) is 12.1 Å². The van der Waals surface area contributed by atoms with Gasteiger partial charge in [0.25, 0.3) is 0 Å². The molecule has 0 aliphatic carbocycles. The first-order valence-electron chi connectivity index (χ1n) is 7.36. The lowest BCUT2D eigenvalue weighted by Gasteiger charge is -2.21. The van der Waals surface area contributed by atoms with E-state index in [1.54, 1.807) is 30.5 Å². The van der Waals surface area contributed by atoms with E-state index < -0.39 is 0 Å². The molecule has 0 fully saturated rings. The molecule has 114 valence electrons. The standard InChI is InChI=1S/C18H20N2O2/c1-3-20(4-2)16-9-7-14(18(22)12-16)8-10-17(21)15-6-5-11-19-13-15/h5-13,22H,3-4H2,1-2H3/b10-8+. The molecule has 1 aromatic heterocycles. The molecule has 0 aliphatic heterocycles. The van der Waals surface area contributed by atoms with Gasteiger partial charge in [0, 0.05) is 48.4 Å². The summed E-state index contributed by atoms with van der Waals surface area (Å²) in [6.07, 6.45) is 6.22. The molecule has 0 saturated carbocycles. The highest BCUT2D eigenvalue weighted by Gasteiger charge is 2.06. The normalized spacial score (nSPS) is 10.8. The average Bonchev–Trinajstić information content (AvgIpc) is 2.55. The fraction of sp³-hybridized carbons (Fsp3) is 0.222. The Kier molecular flexibility index (Phi) is 5.31. The van der Waals surface area contributed by atoms with E-state index in [-0.39, 0.29) is 11.5 Å². The predicted octanol–water partition coefficient (Wildman–Crippen LogP) is 3.53. The van der Waals surface area contributed by atoms with Crippen molar-refractivity contribution < 1.29 is 9.90 Å². The third-order valence-electron chi connectivity index (χ3n) is 3.50. The molecule has 0 saturated heterocycles. The van der Waals surface area contributed by atoms with Crippen molar-refractivity contribution in [3.05, 3.63) is 59.9 Å². The van der Waals surface area contributed by atoms with E-state index in [1.165, 1.54) is 12.3 Å². The number of phenolic OH excluding ortho intramolecular Hbond substituents is 1. The molecule has 0 bridgehead atoms. The predicted molar refractivity (Wildman–Crippen MR) is 89.3 cm³/mol. The number of aromatic hydroxyl groups is 1. The summed E-state index contributed by atoms with van der Waals surface area (Å²) in [5, 5.41) is 10.1. The number of rotatable bonds is 6. The third kappa shape index (κ3) is 3.73. The quantitative estimate of drug-likeness (QED) is 0.654. The van der Waals surface area contributed by atoms with E-state index in [9.17, 15) is 9.90 Å². The Bertz CT molecular complexity index is 662. The van der Waals surface area contributed by atoms with Crippen molar-refractivity contribution in [3.8, 4) is 5.75 Å². The number of aromatic nitrogens is 1. The van der Waals surface area contributed by atoms with Crippen LogP contribution in [0.1, 0.15) is 29.8 Å². The third-order valence-corrected chi connectivity index (χ3v) is 3.50. The Hall–Kier alpha value is -2.62. The lowest BCUT2D eigenvalue weighted by Crippen LogP contribution is -2.21. The monoisotopic (exact) mass is 296 g/mol. The van der Waals surface area contributed by atoms with Crippen molar-refractivity contribution in [3.63, 3.8) is 0 Å². The van der Waals surface area contributed by atoms with Gasteiger partial charge < -0.3 is 10.0 Å². The number of hydrogen-bond donors (Lipinski definition) is 1. The van der Waals surface area contributed by atoms with Crippen molar-refractivity contribution in [2.75, 3.05) is 18.0 Å². The van der Waals surface area contributed by atoms with Crippen molar-refractivity contribution in [2.24, 2.45) is 0 Å². The fourth-order valence-electron chi connectivity index (χ4n) is 2.23. The Morgan fingerprint density at radius 3 is 2.64 bits per heavy atom. The van der Waals surface area contributed by atoms with Crippen molar-refractivity contribution in [1.29, 1.82) is 0 Å². The molecule has 1 heterocycles. The first-order chi connectivity index (χ1) is 10.7. The van der Waals surface area contributed by atoms with E-state index in [2.05, 4.69) is 23.7 Å². The van der Waals surface area contributed by atoms with Crippen LogP contribution >= 0.6 is 0 Å². The fourth-order valence-corrected chi connectivity index (χ4v) is 2.23. The average molecular weight is 296 g/mol. The zero-order valence-corrected chi connectivity index (χ0v) is 12.9. The zero-order valence-electron chi connectivity index (χ0n) is 12.9. The maximum atomic E-state index is 12.0. The molecule has 2 rings (SSSR count). The van der Waals surface area contributed by atoms with Crippen LogP contribution in [-0.4, -0.2) is 29.0 Å². The molecule has 1 N–H and O–H groups in total. The molecule has 0 aliphatic rings. The molecule has 0 radical (unpaired) electrons. The Morgan fingerprint density at radius 2 is 2.05 bits per heavy atom. The summed E-state index contributed by atoms with van der Waals surface area (Å²) >= 11 is 0. The van der Waals surface area contributed by atoms with E-state index in [4.69, 9.17) is 0 Å². The minimum atomic E-state index is -0.139. The van der Waals surface area contributed by atoms with E-state index in [0.717, 1.165) is 18.8 Å².